The zero-order valence-corrected chi connectivity index (χ0v) is 15.8. The first-order chi connectivity index (χ1) is 13.2. The number of ether oxygens (including phenoxy) is 2. The number of carbonyl (C=O) groups is 2. The fourth-order valence-corrected chi connectivity index (χ4v) is 3.88. The molecule has 2 heterocycles. The summed E-state index contributed by atoms with van der Waals surface area (Å²) in [6.45, 7) is 1.61. The molecule has 1 saturated heterocycles. The zero-order valence-electron chi connectivity index (χ0n) is 15.8. The van der Waals surface area contributed by atoms with Gasteiger partial charge in [-0.1, -0.05) is 32.1 Å². The highest BCUT2D eigenvalue weighted by Gasteiger charge is 2.51. The van der Waals surface area contributed by atoms with Crippen molar-refractivity contribution in [3.8, 4) is 0 Å². The van der Waals surface area contributed by atoms with Crippen molar-refractivity contribution in [3.63, 3.8) is 0 Å². The molecule has 0 spiro atoms. The Hall–Kier alpha value is -1.75. The minimum Gasteiger partial charge on any atom is -0.463 e. The number of urea groups is 1. The molecule has 1 unspecified atom stereocenters. The summed E-state index contributed by atoms with van der Waals surface area (Å²) in [6, 6.07) is -0.946. The number of amides is 2. The quantitative estimate of drug-likeness (QED) is 0.492. The maximum Gasteiger partial charge on any atom is 0.354 e. The fourth-order valence-electron chi connectivity index (χ4n) is 3.88. The van der Waals surface area contributed by atoms with Gasteiger partial charge in [-0.15, -0.1) is 0 Å². The van der Waals surface area contributed by atoms with Crippen LogP contribution in [0.4, 0.5) is 9.18 Å². The summed E-state index contributed by atoms with van der Waals surface area (Å²) in [5.41, 5.74) is 3.34. The van der Waals surface area contributed by atoms with E-state index in [-0.39, 0.29) is 6.61 Å². The molecule has 0 aromatic rings. The van der Waals surface area contributed by atoms with Gasteiger partial charge in [-0.25, -0.2) is 14.0 Å². The largest absolute Gasteiger partial charge is 0.463 e. The number of esters is 1. The average Bonchev–Trinajstić information content (AvgIpc) is 2.92. The molecule has 0 radical (unpaired) electrons. The van der Waals surface area contributed by atoms with Crippen molar-refractivity contribution >= 4 is 12.0 Å². The number of nitrogens with zero attached hydrogens (tertiary/aromatic N) is 1. The first-order valence-electron chi connectivity index (χ1n) is 9.70. The molecule has 1 aliphatic carbocycles. The van der Waals surface area contributed by atoms with E-state index in [9.17, 15) is 24.2 Å². The van der Waals surface area contributed by atoms with Gasteiger partial charge in [0.05, 0.1) is 12.7 Å². The maximum atomic E-state index is 14.6. The van der Waals surface area contributed by atoms with E-state index in [2.05, 4.69) is 5.32 Å². The molecule has 9 nitrogen and oxygen atoms in total. The van der Waals surface area contributed by atoms with E-state index < -0.39 is 48.0 Å². The number of hydrogen-bond donors (Lipinski definition) is 4. The predicted molar refractivity (Wildman–Crippen MR) is 95.0 cm³/mol. The van der Waals surface area contributed by atoms with E-state index in [1.54, 1.807) is 0 Å². The third kappa shape index (κ3) is 4.00. The van der Waals surface area contributed by atoms with Crippen molar-refractivity contribution < 1.29 is 33.7 Å². The number of halogens is 1. The van der Waals surface area contributed by atoms with E-state index in [0.29, 0.717) is 18.5 Å². The van der Waals surface area contributed by atoms with Crippen LogP contribution in [0.5, 0.6) is 0 Å². The Balaban J connectivity index is 1.62. The van der Waals surface area contributed by atoms with Gasteiger partial charge in [0.25, 0.3) is 0 Å². The summed E-state index contributed by atoms with van der Waals surface area (Å²) in [6.07, 6.45) is 2.35. The zero-order chi connectivity index (χ0) is 20.5. The van der Waals surface area contributed by atoms with Crippen molar-refractivity contribution in [1.29, 1.82) is 0 Å². The molecule has 158 valence electrons. The Kier molecular flexibility index (Phi) is 6.23. The summed E-state index contributed by atoms with van der Waals surface area (Å²) in [5.74, 6) is -1.77. The summed E-state index contributed by atoms with van der Waals surface area (Å²) in [4.78, 5) is 25.4. The predicted octanol–water partition coefficient (Wildman–Crippen LogP) is 0.458. The molecule has 10 heteroatoms. The van der Waals surface area contributed by atoms with Crippen molar-refractivity contribution in [2.24, 2.45) is 11.7 Å². The SMILES string of the molecule is C[C@H]1O[C@@H](N2C=C(F)C(N)(C(=O)OCCC3CCCCC3)NC2=O)[C@H](O)[C@@H]1O. The van der Waals surface area contributed by atoms with Gasteiger partial charge in [0.15, 0.2) is 12.1 Å². The Morgan fingerprint density at radius 3 is 2.68 bits per heavy atom. The van der Waals surface area contributed by atoms with Crippen molar-refractivity contribution in [2.75, 3.05) is 6.61 Å². The molecule has 0 aromatic heterocycles. The van der Waals surface area contributed by atoms with Gasteiger partial charge in [0.1, 0.15) is 12.2 Å². The molecular formula is C18H28FN3O6. The van der Waals surface area contributed by atoms with E-state index in [4.69, 9.17) is 15.2 Å². The summed E-state index contributed by atoms with van der Waals surface area (Å²) in [5, 5.41) is 21.8. The lowest BCUT2D eigenvalue weighted by atomic mass is 9.87. The lowest BCUT2D eigenvalue weighted by Crippen LogP contribution is -2.68. The third-order valence-electron chi connectivity index (χ3n) is 5.72. The number of hydrogen-bond acceptors (Lipinski definition) is 7. The molecule has 28 heavy (non-hydrogen) atoms. The van der Waals surface area contributed by atoms with Crippen molar-refractivity contribution in [1.82, 2.24) is 10.2 Å². The lowest BCUT2D eigenvalue weighted by molar-refractivity contribution is -0.151. The first-order valence-corrected chi connectivity index (χ1v) is 9.70. The van der Waals surface area contributed by atoms with E-state index in [1.165, 1.54) is 13.3 Å². The highest BCUT2D eigenvalue weighted by molar-refractivity contribution is 5.91. The number of rotatable bonds is 5. The van der Waals surface area contributed by atoms with Crippen LogP contribution in [0.25, 0.3) is 0 Å². The minimum atomic E-state index is -2.44. The molecule has 2 fully saturated rings. The molecule has 1 saturated carbocycles. The molecule has 2 amide bonds. The van der Waals surface area contributed by atoms with Gasteiger partial charge in [0.2, 0.25) is 5.66 Å². The number of nitrogens with two attached hydrogens (primary N) is 1. The lowest BCUT2D eigenvalue weighted by Gasteiger charge is -2.37. The van der Waals surface area contributed by atoms with Gasteiger partial charge >= 0.3 is 12.0 Å². The summed E-state index contributed by atoms with van der Waals surface area (Å²) in [7, 11) is 0. The van der Waals surface area contributed by atoms with Crippen LogP contribution in [0, 0.1) is 5.92 Å². The summed E-state index contributed by atoms with van der Waals surface area (Å²) >= 11 is 0. The standard InChI is InChI=1S/C18H28FN3O6/c1-10-13(23)14(24)15(28-10)22-9-12(19)18(20,21-17(22)26)16(25)27-8-7-11-5-3-2-4-6-11/h9-11,13-15,23-24H,2-8,20H2,1H3,(H,21,26)/t10-,13-,14-,15-,18?/m1/s1. The molecule has 5 N–H and O–H groups in total. The van der Waals surface area contributed by atoms with Crippen molar-refractivity contribution in [2.45, 2.75) is 75.7 Å². The number of aliphatic hydroxyl groups is 2. The van der Waals surface area contributed by atoms with Gasteiger partial charge < -0.3 is 25.0 Å². The monoisotopic (exact) mass is 401 g/mol. The van der Waals surface area contributed by atoms with Crippen molar-refractivity contribution in [3.05, 3.63) is 12.0 Å². The Bertz CT molecular complexity index is 641. The van der Waals surface area contributed by atoms with E-state index >= 15 is 0 Å². The number of nitrogens with one attached hydrogen (secondary N) is 1. The van der Waals surface area contributed by atoms with Crippen LogP contribution < -0.4 is 11.1 Å². The molecular weight excluding hydrogens is 373 g/mol. The second kappa shape index (κ2) is 8.32. The van der Waals surface area contributed by atoms with Gasteiger partial charge in [-0.2, -0.15) is 0 Å². The first kappa shape index (κ1) is 21.0. The van der Waals surface area contributed by atoms with Gasteiger partial charge in [-0.3, -0.25) is 10.6 Å². The second-order valence-electron chi connectivity index (χ2n) is 7.76. The molecule has 5 atom stereocenters. The van der Waals surface area contributed by atoms with Crippen LogP contribution in [-0.4, -0.2) is 63.9 Å². The van der Waals surface area contributed by atoms with Crippen LogP contribution in [0.15, 0.2) is 12.0 Å². The third-order valence-corrected chi connectivity index (χ3v) is 5.72. The van der Waals surface area contributed by atoms with Crippen LogP contribution in [-0.2, 0) is 14.3 Å². The van der Waals surface area contributed by atoms with Crippen LogP contribution >= 0.6 is 0 Å². The molecule has 0 aromatic carbocycles. The molecule has 3 aliphatic rings. The van der Waals surface area contributed by atoms with Gasteiger partial charge in [-0.05, 0) is 19.3 Å². The normalized spacial score (nSPS) is 36.8. The van der Waals surface area contributed by atoms with Crippen LogP contribution in [0.2, 0.25) is 0 Å². The van der Waals surface area contributed by atoms with Crippen LogP contribution in [0.3, 0.4) is 0 Å². The fraction of sp³-hybridized carbons (Fsp3) is 0.778. The Morgan fingerprint density at radius 2 is 2.07 bits per heavy atom. The maximum absolute atomic E-state index is 14.6. The Morgan fingerprint density at radius 1 is 1.39 bits per heavy atom. The topological polar surface area (TPSA) is 134 Å². The molecule has 0 bridgehead atoms. The minimum absolute atomic E-state index is 0.101. The number of carbonyl (C=O) groups excluding carboxylic acids is 2. The average molecular weight is 401 g/mol. The highest BCUT2D eigenvalue weighted by Crippen LogP contribution is 2.30. The summed E-state index contributed by atoms with van der Waals surface area (Å²) < 4.78 is 25.1. The van der Waals surface area contributed by atoms with Crippen LogP contribution in [0.1, 0.15) is 45.4 Å². The highest BCUT2D eigenvalue weighted by atomic mass is 19.1. The molecule has 2 aliphatic heterocycles. The second-order valence-corrected chi connectivity index (χ2v) is 7.76. The van der Waals surface area contributed by atoms with Gasteiger partial charge in [0, 0.05) is 6.20 Å². The number of aliphatic hydroxyl groups excluding tert-OH is 2. The smallest absolute Gasteiger partial charge is 0.354 e. The Labute approximate surface area is 162 Å². The van der Waals surface area contributed by atoms with E-state index in [1.807, 2.05) is 0 Å². The molecule has 3 rings (SSSR count). The van der Waals surface area contributed by atoms with E-state index in [0.717, 1.165) is 30.6 Å².